The quantitative estimate of drug-likeness (QED) is 0.693. The molecule has 0 aliphatic carbocycles. The molecule has 0 aliphatic heterocycles. The Balaban J connectivity index is 2.18. The first-order chi connectivity index (χ1) is 8.76. The number of carbonyl (C=O) groups excluding carboxylic acids is 1. The van der Waals surface area contributed by atoms with Crippen LogP contribution in [0.25, 0.3) is 0 Å². The van der Waals surface area contributed by atoms with Gasteiger partial charge >= 0.3 is 0 Å². The highest BCUT2D eigenvalue weighted by atomic mass is 32.2. The normalized spacial score (nSPS) is 10.1. The van der Waals surface area contributed by atoms with E-state index in [1.54, 1.807) is 7.11 Å². The number of nitrogens with one attached hydrogen (secondary N) is 1. The van der Waals surface area contributed by atoms with E-state index in [9.17, 15) is 4.79 Å². The lowest BCUT2D eigenvalue weighted by molar-refractivity contribution is -0.118. The van der Waals surface area contributed by atoms with Crippen molar-refractivity contribution in [1.82, 2.24) is 5.32 Å². The first-order valence-electron chi connectivity index (χ1n) is 5.84. The third kappa shape index (κ3) is 5.93. The Morgan fingerprint density at radius 2 is 2.11 bits per heavy atom. The summed E-state index contributed by atoms with van der Waals surface area (Å²) in [5.74, 6) is 1.86. The van der Waals surface area contributed by atoms with Crippen molar-refractivity contribution in [3.63, 3.8) is 0 Å². The average Bonchev–Trinajstić information content (AvgIpc) is 2.40. The third-order valence-corrected chi connectivity index (χ3v) is 3.30. The van der Waals surface area contributed by atoms with E-state index >= 15 is 0 Å². The van der Waals surface area contributed by atoms with E-state index in [0.717, 1.165) is 12.2 Å². The smallest absolute Gasteiger partial charge is 0.230 e. The number of aliphatic hydroxyl groups excluding tert-OH is 1. The first kappa shape index (κ1) is 14.9. The number of hydrogen-bond donors (Lipinski definition) is 2. The Hall–Kier alpha value is -1.20. The SMILES string of the molecule is COc1ccc(CCNC(=O)CSCCO)cc1. The topological polar surface area (TPSA) is 58.6 Å². The molecule has 1 rings (SSSR count). The van der Waals surface area contributed by atoms with E-state index in [4.69, 9.17) is 9.84 Å². The summed E-state index contributed by atoms with van der Waals surface area (Å²) < 4.78 is 5.07. The molecule has 2 N–H and O–H groups in total. The lowest BCUT2D eigenvalue weighted by Gasteiger charge is -2.06. The molecule has 0 bridgehead atoms. The highest BCUT2D eigenvalue weighted by Crippen LogP contribution is 2.11. The fourth-order valence-corrected chi connectivity index (χ4v) is 1.98. The Bertz CT molecular complexity index is 354. The molecule has 0 radical (unpaired) electrons. The first-order valence-corrected chi connectivity index (χ1v) is 7.00. The fraction of sp³-hybridized carbons (Fsp3) is 0.462. The standard InChI is InChI=1S/C13H19NO3S/c1-17-12-4-2-11(3-5-12)6-7-14-13(16)10-18-9-8-15/h2-5,15H,6-10H2,1H3,(H,14,16). The minimum absolute atomic E-state index is 0.0157. The zero-order valence-corrected chi connectivity index (χ0v) is 11.3. The number of methoxy groups -OCH3 is 1. The van der Waals surface area contributed by atoms with Crippen LogP contribution in [0.2, 0.25) is 0 Å². The van der Waals surface area contributed by atoms with Crippen LogP contribution < -0.4 is 10.1 Å². The van der Waals surface area contributed by atoms with Gasteiger partial charge in [0.25, 0.3) is 0 Å². The number of amides is 1. The Morgan fingerprint density at radius 1 is 1.39 bits per heavy atom. The van der Waals surface area contributed by atoms with Crippen LogP contribution in [0.3, 0.4) is 0 Å². The molecule has 0 spiro atoms. The van der Waals surface area contributed by atoms with Crippen LogP contribution in [-0.4, -0.2) is 42.8 Å². The van der Waals surface area contributed by atoms with E-state index in [2.05, 4.69) is 5.32 Å². The molecule has 18 heavy (non-hydrogen) atoms. The molecule has 0 saturated heterocycles. The molecule has 4 nitrogen and oxygen atoms in total. The second-order valence-electron chi connectivity index (χ2n) is 3.72. The van der Waals surface area contributed by atoms with Gasteiger partial charge in [0.1, 0.15) is 5.75 Å². The van der Waals surface area contributed by atoms with Gasteiger partial charge in [-0.1, -0.05) is 12.1 Å². The maximum absolute atomic E-state index is 11.4. The molecule has 0 heterocycles. The summed E-state index contributed by atoms with van der Waals surface area (Å²) in [6.45, 7) is 0.745. The summed E-state index contributed by atoms with van der Waals surface area (Å²) in [5.41, 5.74) is 1.17. The molecule has 0 aliphatic rings. The minimum atomic E-state index is 0.0157. The Morgan fingerprint density at radius 3 is 2.72 bits per heavy atom. The Kier molecular flexibility index (Phi) is 7.29. The van der Waals surface area contributed by atoms with Gasteiger partial charge in [-0.25, -0.2) is 0 Å². The minimum Gasteiger partial charge on any atom is -0.497 e. The van der Waals surface area contributed by atoms with Gasteiger partial charge in [0.2, 0.25) is 5.91 Å². The van der Waals surface area contributed by atoms with E-state index in [1.165, 1.54) is 17.3 Å². The van der Waals surface area contributed by atoms with Crippen molar-refractivity contribution in [2.24, 2.45) is 0 Å². The van der Waals surface area contributed by atoms with Crippen LogP contribution >= 0.6 is 11.8 Å². The lowest BCUT2D eigenvalue weighted by atomic mass is 10.1. The lowest BCUT2D eigenvalue weighted by Crippen LogP contribution is -2.27. The predicted molar refractivity (Wildman–Crippen MR) is 74.1 cm³/mol. The van der Waals surface area contributed by atoms with Crippen molar-refractivity contribution in [1.29, 1.82) is 0 Å². The van der Waals surface area contributed by atoms with Gasteiger partial charge in [-0.3, -0.25) is 4.79 Å². The molecular weight excluding hydrogens is 250 g/mol. The zero-order chi connectivity index (χ0) is 13.2. The van der Waals surface area contributed by atoms with E-state index in [0.29, 0.717) is 18.1 Å². The maximum Gasteiger partial charge on any atom is 0.230 e. The van der Waals surface area contributed by atoms with Crippen LogP contribution in [-0.2, 0) is 11.2 Å². The largest absolute Gasteiger partial charge is 0.497 e. The van der Waals surface area contributed by atoms with Gasteiger partial charge in [-0.15, -0.1) is 11.8 Å². The molecule has 0 unspecified atom stereocenters. The second-order valence-corrected chi connectivity index (χ2v) is 4.83. The van der Waals surface area contributed by atoms with Crippen molar-refractivity contribution >= 4 is 17.7 Å². The number of carbonyl (C=O) groups is 1. The molecule has 1 aromatic rings. The summed E-state index contributed by atoms with van der Waals surface area (Å²) in [7, 11) is 1.64. The molecule has 1 amide bonds. The summed E-state index contributed by atoms with van der Waals surface area (Å²) in [6, 6.07) is 7.81. The van der Waals surface area contributed by atoms with E-state index in [-0.39, 0.29) is 12.5 Å². The molecule has 0 fully saturated rings. The van der Waals surface area contributed by atoms with E-state index in [1.807, 2.05) is 24.3 Å². The maximum atomic E-state index is 11.4. The predicted octanol–water partition coefficient (Wildman–Crippen LogP) is 1.08. The monoisotopic (exact) mass is 269 g/mol. The van der Waals surface area contributed by atoms with Crippen LogP contribution in [0.15, 0.2) is 24.3 Å². The highest BCUT2D eigenvalue weighted by molar-refractivity contribution is 7.99. The van der Waals surface area contributed by atoms with Crippen LogP contribution in [0, 0.1) is 0 Å². The molecule has 5 heteroatoms. The summed E-state index contributed by atoms with van der Waals surface area (Å²) in [4.78, 5) is 11.4. The van der Waals surface area contributed by atoms with Crippen molar-refractivity contribution in [3.8, 4) is 5.75 Å². The van der Waals surface area contributed by atoms with Crippen LogP contribution in [0.1, 0.15) is 5.56 Å². The highest BCUT2D eigenvalue weighted by Gasteiger charge is 2.01. The van der Waals surface area contributed by atoms with Gasteiger partial charge < -0.3 is 15.2 Å². The van der Waals surface area contributed by atoms with Gasteiger partial charge in [0.05, 0.1) is 19.5 Å². The van der Waals surface area contributed by atoms with Crippen LogP contribution in [0.5, 0.6) is 5.75 Å². The van der Waals surface area contributed by atoms with Gasteiger partial charge in [-0.2, -0.15) is 0 Å². The second kappa shape index (κ2) is 8.83. The van der Waals surface area contributed by atoms with Gasteiger partial charge in [0.15, 0.2) is 0 Å². The number of aliphatic hydroxyl groups is 1. The molecule has 0 aromatic heterocycles. The van der Waals surface area contributed by atoms with Crippen LogP contribution in [0.4, 0.5) is 0 Å². The number of hydrogen-bond acceptors (Lipinski definition) is 4. The molecule has 100 valence electrons. The summed E-state index contributed by atoms with van der Waals surface area (Å²) >= 11 is 1.43. The average molecular weight is 269 g/mol. The number of benzene rings is 1. The van der Waals surface area contributed by atoms with Gasteiger partial charge in [-0.05, 0) is 24.1 Å². The molecular formula is C13H19NO3S. The third-order valence-electron chi connectivity index (χ3n) is 2.36. The fourth-order valence-electron chi connectivity index (χ4n) is 1.42. The van der Waals surface area contributed by atoms with Crippen molar-refractivity contribution in [2.75, 3.05) is 31.8 Å². The van der Waals surface area contributed by atoms with Crippen molar-refractivity contribution in [3.05, 3.63) is 29.8 Å². The summed E-state index contributed by atoms with van der Waals surface area (Å²) in [6.07, 6.45) is 0.806. The number of rotatable bonds is 8. The molecule has 0 saturated carbocycles. The zero-order valence-electron chi connectivity index (χ0n) is 10.5. The van der Waals surface area contributed by atoms with E-state index < -0.39 is 0 Å². The van der Waals surface area contributed by atoms with Crippen molar-refractivity contribution in [2.45, 2.75) is 6.42 Å². The molecule has 0 atom stereocenters. The Labute approximate surface area is 112 Å². The number of thioether (sulfide) groups is 1. The molecule has 1 aromatic carbocycles. The number of ether oxygens (including phenoxy) is 1. The van der Waals surface area contributed by atoms with Gasteiger partial charge in [0, 0.05) is 12.3 Å². The van der Waals surface area contributed by atoms with Crippen molar-refractivity contribution < 1.29 is 14.6 Å². The summed E-state index contributed by atoms with van der Waals surface area (Å²) in [5, 5.41) is 11.4.